The molecule has 0 heterocycles. The molecule has 0 radical (unpaired) electrons. The van der Waals surface area contributed by atoms with Crippen LogP contribution >= 0.6 is 0 Å². The minimum absolute atomic E-state index is 0.0318. The summed E-state index contributed by atoms with van der Waals surface area (Å²) in [6, 6.07) is 0. The molecule has 0 rings (SSSR count). The van der Waals surface area contributed by atoms with Gasteiger partial charge in [-0.2, -0.15) is 0 Å². The van der Waals surface area contributed by atoms with E-state index in [9.17, 15) is 4.79 Å². The Kier molecular flexibility index (Phi) is 4.82. The molecule has 0 aromatic rings. The zero-order valence-corrected chi connectivity index (χ0v) is 8.61. The summed E-state index contributed by atoms with van der Waals surface area (Å²) in [4.78, 5) is 10.7. The van der Waals surface area contributed by atoms with Crippen molar-refractivity contribution >= 4 is 5.91 Å². The quantitative estimate of drug-likeness (QED) is 0.659. The van der Waals surface area contributed by atoms with Crippen LogP contribution in [0.4, 0.5) is 0 Å². The second kappa shape index (κ2) is 5.36. The molecule has 0 unspecified atom stereocenters. The Bertz CT molecular complexity index is 261. The van der Waals surface area contributed by atoms with Crippen LogP contribution in [0.25, 0.3) is 0 Å². The van der Waals surface area contributed by atoms with E-state index in [4.69, 9.17) is 0 Å². The number of carbonyl (C=O) groups excluding carboxylic acids is 1. The lowest BCUT2D eigenvalue weighted by Crippen LogP contribution is -2.23. The second-order valence-corrected chi connectivity index (χ2v) is 3.06. The van der Waals surface area contributed by atoms with Crippen LogP contribution in [0.5, 0.6) is 0 Å². The highest BCUT2D eigenvalue weighted by molar-refractivity contribution is 5.73. The minimum Gasteiger partial charge on any atom is -0.352 e. The lowest BCUT2D eigenvalue weighted by molar-refractivity contribution is -0.118. The van der Waals surface area contributed by atoms with Crippen LogP contribution in [-0.2, 0) is 4.79 Å². The zero-order chi connectivity index (χ0) is 10.4. The molecule has 0 aliphatic heterocycles. The molecule has 2 heteroatoms. The molecular formula is C11H17NO. The molecule has 1 N–H and O–H groups in total. The predicted octanol–water partition coefficient (Wildman–Crippen LogP) is 2.20. The first-order valence-corrected chi connectivity index (χ1v) is 4.21. The van der Waals surface area contributed by atoms with Gasteiger partial charge in [0.15, 0.2) is 0 Å². The van der Waals surface area contributed by atoms with Gasteiger partial charge >= 0.3 is 0 Å². The van der Waals surface area contributed by atoms with E-state index in [1.165, 1.54) is 6.92 Å². The molecule has 1 amide bonds. The first-order chi connectivity index (χ1) is 5.99. The molecule has 0 aromatic carbocycles. The van der Waals surface area contributed by atoms with Crippen LogP contribution in [0.15, 0.2) is 36.0 Å². The number of rotatable bonds is 4. The molecular weight excluding hydrogens is 162 g/mol. The van der Waals surface area contributed by atoms with Crippen molar-refractivity contribution in [2.45, 2.75) is 20.8 Å². The minimum atomic E-state index is -0.0318. The summed E-state index contributed by atoms with van der Waals surface area (Å²) >= 11 is 0. The molecule has 0 aliphatic carbocycles. The summed E-state index contributed by atoms with van der Waals surface area (Å²) in [7, 11) is 0. The largest absolute Gasteiger partial charge is 0.352 e. The van der Waals surface area contributed by atoms with Crippen molar-refractivity contribution in [3.63, 3.8) is 0 Å². The number of nitrogens with one attached hydrogen (secondary N) is 1. The molecule has 0 fully saturated rings. The van der Waals surface area contributed by atoms with Gasteiger partial charge in [-0.05, 0) is 25.0 Å². The van der Waals surface area contributed by atoms with Crippen LogP contribution in [0.1, 0.15) is 20.8 Å². The molecule has 0 saturated carbocycles. The Morgan fingerprint density at radius 2 is 1.92 bits per heavy atom. The SMILES string of the molecule is C=C/C(C)=C(/CNC(C)=O)C(=C)C. The number of allylic oxidation sites excluding steroid dienone is 2. The lowest BCUT2D eigenvalue weighted by atomic mass is 10.0. The maximum atomic E-state index is 10.7. The lowest BCUT2D eigenvalue weighted by Gasteiger charge is -2.10. The molecule has 2 nitrogen and oxygen atoms in total. The fourth-order valence-corrected chi connectivity index (χ4v) is 0.963. The summed E-state index contributed by atoms with van der Waals surface area (Å²) < 4.78 is 0. The van der Waals surface area contributed by atoms with Crippen LogP contribution in [0, 0.1) is 0 Å². The average molecular weight is 179 g/mol. The standard InChI is InChI=1S/C11H17NO/c1-6-9(4)11(8(2)3)7-12-10(5)13/h6H,1-2,7H2,3-5H3,(H,12,13)/b11-9-. The number of hydrogen-bond donors (Lipinski definition) is 1. The van der Waals surface area contributed by atoms with Crippen molar-refractivity contribution in [2.24, 2.45) is 0 Å². The van der Waals surface area contributed by atoms with Gasteiger partial charge < -0.3 is 5.32 Å². The molecule has 0 atom stereocenters. The smallest absolute Gasteiger partial charge is 0.217 e. The van der Waals surface area contributed by atoms with Crippen LogP contribution in [-0.4, -0.2) is 12.5 Å². The van der Waals surface area contributed by atoms with E-state index in [1.807, 2.05) is 13.8 Å². The Labute approximate surface area is 80.0 Å². The van der Waals surface area contributed by atoms with Crippen LogP contribution in [0.2, 0.25) is 0 Å². The van der Waals surface area contributed by atoms with Crippen molar-refractivity contribution in [3.05, 3.63) is 36.0 Å². The van der Waals surface area contributed by atoms with Gasteiger partial charge in [-0.15, -0.1) is 0 Å². The Morgan fingerprint density at radius 3 is 2.23 bits per heavy atom. The third-order valence-corrected chi connectivity index (χ3v) is 1.81. The first kappa shape index (κ1) is 11.7. The first-order valence-electron chi connectivity index (χ1n) is 4.21. The highest BCUT2D eigenvalue weighted by Crippen LogP contribution is 2.12. The van der Waals surface area contributed by atoms with Gasteiger partial charge in [0.1, 0.15) is 0 Å². The van der Waals surface area contributed by atoms with Gasteiger partial charge in [-0.1, -0.05) is 24.8 Å². The summed E-state index contributed by atoms with van der Waals surface area (Å²) in [5.41, 5.74) is 3.07. The van der Waals surface area contributed by atoms with E-state index in [0.717, 1.165) is 16.7 Å². The van der Waals surface area contributed by atoms with Gasteiger partial charge in [-0.3, -0.25) is 4.79 Å². The second-order valence-electron chi connectivity index (χ2n) is 3.06. The number of hydrogen-bond acceptors (Lipinski definition) is 1. The monoisotopic (exact) mass is 179 g/mol. The number of amides is 1. The van der Waals surface area contributed by atoms with Gasteiger partial charge in [0.25, 0.3) is 0 Å². The molecule has 0 aliphatic rings. The number of carbonyl (C=O) groups is 1. The Morgan fingerprint density at radius 1 is 1.38 bits per heavy atom. The molecule has 72 valence electrons. The van der Waals surface area contributed by atoms with E-state index >= 15 is 0 Å². The maximum Gasteiger partial charge on any atom is 0.217 e. The predicted molar refractivity (Wildman–Crippen MR) is 56.4 cm³/mol. The van der Waals surface area contributed by atoms with Gasteiger partial charge in [0.05, 0.1) is 0 Å². The summed E-state index contributed by atoms with van der Waals surface area (Å²) in [6.07, 6.45) is 1.77. The maximum absolute atomic E-state index is 10.7. The van der Waals surface area contributed by atoms with Gasteiger partial charge in [0.2, 0.25) is 5.91 Å². The molecule has 0 spiro atoms. The van der Waals surface area contributed by atoms with Crippen molar-refractivity contribution in [2.75, 3.05) is 6.54 Å². The molecule has 0 saturated heterocycles. The summed E-state index contributed by atoms with van der Waals surface area (Å²) in [5.74, 6) is -0.0318. The van der Waals surface area contributed by atoms with Crippen molar-refractivity contribution in [3.8, 4) is 0 Å². The highest BCUT2D eigenvalue weighted by atomic mass is 16.1. The highest BCUT2D eigenvalue weighted by Gasteiger charge is 2.01. The summed E-state index contributed by atoms with van der Waals surface area (Å²) in [5, 5.41) is 2.74. The normalized spacial score (nSPS) is 11.6. The van der Waals surface area contributed by atoms with Crippen molar-refractivity contribution in [1.82, 2.24) is 5.32 Å². The van der Waals surface area contributed by atoms with Crippen molar-refractivity contribution < 1.29 is 4.79 Å². The molecule has 13 heavy (non-hydrogen) atoms. The zero-order valence-electron chi connectivity index (χ0n) is 8.61. The third kappa shape index (κ3) is 4.31. The average Bonchev–Trinajstić information content (AvgIpc) is 2.03. The van der Waals surface area contributed by atoms with Crippen molar-refractivity contribution in [1.29, 1.82) is 0 Å². The Balaban J connectivity index is 4.54. The van der Waals surface area contributed by atoms with E-state index in [1.54, 1.807) is 6.08 Å². The third-order valence-electron chi connectivity index (χ3n) is 1.81. The fraction of sp³-hybridized carbons (Fsp3) is 0.364. The van der Waals surface area contributed by atoms with Gasteiger partial charge in [-0.25, -0.2) is 0 Å². The van der Waals surface area contributed by atoms with Crippen LogP contribution < -0.4 is 5.32 Å². The fourth-order valence-electron chi connectivity index (χ4n) is 0.963. The summed E-state index contributed by atoms with van der Waals surface area (Å²) in [6.45, 7) is 13.4. The molecule has 0 bridgehead atoms. The van der Waals surface area contributed by atoms with E-state index < -0.39 is 0 Å². The molecule has 0 aromatic heterocycles. The van der Waals surface area contributed by atoms with Gasteiger partial charge in [0, 0.05) is 13.5 Å². The van der Waals surface area contributed by atoms with E-state index in [2.05, 4.69) is 18.5 Å². The van der Waals surface area contributed by atoms with Crippen LogP contribution in [0.3, 0.4) is 0 Å². The Hall–Kier alpha value is -1.31. The van der Waals surface area contributed by atoms with E-state index in [0.29, 0.717) is 6.54 Å². The van der Waals surface area contributed by atoms with E-state index in [-0.39, 0.29) is 5.91 Å². The topological polar surface area (TPSA) is 29.1 Å².